The number of anilines is 1. The second kappa shape index (κ2) is 7.53. The Morgan fingerprint density at radius 2 is 1.77 bits per heavy atom. The van der Waals surface area contributed by atoms with Gasteiger partial charge >= 0.3 is 0 Å². The van der Waals surface area contributed by atoms with Gasteiger partial charge in [-0.05, 0) is 79.8 Å². The van der Waals surface area contributed by atoms with E-state index in [1.165, 1.54) is 29.5 Å². The third kappa shape index (κ3) is 3.35. The molecule has 1 amide bonds. The number of fused-ring (bicyclic) bond motifs is 2. The van der Waals surface area contributed by atoms with Crippen molar-refractivity contribution in [1.82, 2.24) is 0 Å². The summed E-state index contributed by atoms with van der Waals surface area (Å²) >= 11 is 0. The molecule has 1 atom stereocenters. The third-order valence-electron chi connectivity index (χ3n) is 5.62. The Kier molecular flexibility index (Phi) is 4.96. The van der Waals surface area contributed by atoms with Crippen LogP contribution in [-0.4, -0.2) is 18.6 Å². The molecular weight excluding hydrogens is 322 g/mol. The number of benzene rings is 2. The highest BCUT2D eigenvalue weighted by atomic mass is 16.5. The quantitative estimate of drug-likeness (QED) is 0.800. The summed E-state index contributed by atoms with van der Waals surface area (Å²) < 4.78 is 6.17. The number of rotatable bonds is 4. The molecule has 1 heterocycles. The van der Waals surface area contributed by atoms with Gasteiger partial charge in [-0.1, -0.05) is 31.2 Å². The zero-order valence-corrected chi connectivity index (χ0v) is 15.5. The average molecular weight is 349 g/mol. The Labute approximate surface area is 156 Å². The topological polar surface area (TPSA) is 29.5 Å². The molecule has 2 aromatic carbocycles. The monoisotopic (exact) mass is 349 g/mol. The van der Waals surface area contributed by atoms with Crippen LogP contribution >= 0.6 is 0 Å². The highest BCUT2D eigenvalue weighted by Gasteiger charge is 2.29. The maximum absolute atomic E-state index is 13.2. The van der Waals surface area contributed by atoms with Gasteiger partial charge in [-0.3, -0.25) is 4.79 Å². The molecule has 136 valence electrons. The van der Waals surface area contributed by atoms with Gasteiger partial charge in [0.25, 0.3) is 5.91 Å². The Morgan fingerprint density at radius 3 is 2.62 bits per heavy atom. The first kappa shape index (κ1) is 17.1. The summed E-state index contributed by atoms with van der Waals surface area (Å²) in [6, 6.07) is 14.6. The van der Waals surface area contributed by atoms with Gasteiger partial charge in [0, 0.05) is 12.2 Å². The maximum atomic E-state index is 13.2. The molecule has 1 aliphatic carbocycles. The smallest absolute Gasteiger partial charge is 0.268 e. The van der Waals surface area contributed by atoms with E-state index in [-0.39, 0.29) is 5.91 Å². The molecule has 0 radical (unpaired) electrons. The number of ether oxygens (including phenoxy) is 1. The van der Waals surface area contributed by atoms with Gasteiger partial charge in [-0.15, -0.1) is 0 Å². The van der Waals surface area contributed by atoms with E-state index >= 15 is 0 Å². The highest BCUT2D eigenvalue weighted by Crippen LogP contribution is 2.29. The van der Waals surface area contributed by atoms with Crippen LogP contribution in [-0.2, 0) is 24.1 Å². The largest absolute Gasteiger partial charge is 0.481 e. The van der Waals surface area contributed by atoms with Crippen LogP contribution in [0, 0.1) is 0 Å². The number of para-hydroxylation sites is 1. The zero-order valence-electron chi connectivity index (χ0n) is 15.5. The minimum atomic E-state index is -0.428. The van der Waals surface area contributed by atoms with Gasteiger partial charge in [0.1, 0.15) is 5.75 Å². The lowest BCUT2D eigenvalue weighted by molar-refractivity contribution is -0.125. The van der Waals surface area contributed by atoms with E-state index in [2.05, 4.69) is 24.3 Å². The van der Waals surface area contributed by atoms with Crippen molar-refractivity contribution in [2.24, 2.45) is 0 Å². The molecule has 0 bridgehead atoms. The van der Waals surface area contributed by atoms with Gasteiger partial charge in [0.05, 0.1) is 0 Å². The first-order valence-corrected chi connectivity index (χ1v) is 9.94. The van der Waals surface area contributed by atoms with E-state index in [0.717, 1.165) is 43.7 Å². The lowest BCUT2D eigenvalue weighted by Crippen LogP contribution is -2.44. The molecule has 26 heavy (non-hydrogen) atoms. The van der Waals surface area contributed by atoms with Gasteiger partial charge in [-0.25, -0.2) is 0 Å². The molecule has 1 aliphatic heterocycles. The SMILES string of the molecule is CC[C@@H](Oc1ccc2c(c1)CCCC2)C(=O)N1CCCc2ccccc21. The normalized spacial score (nSPS) is 17.2. The van der Waals surface area contributed by atoms with Crippen LogP contribution in [0.15, 0.2) is 42.5 Å². The van der Waals surface area contributed by atoms with Gasteiger partial charge in [-0.2, -0.15) is 0 Å². The first-order chi connectivity index (χ1) is 12.8. The van der Waals surface area contributed by atoms with Crippen LogP contribution in [0.3, 0.4) is 0 Å². The predicted molar refractivity (Wildman–Crippen MR) is 105 cm³/mol. The summed E-state index contributed by atoms with van der Waals surface area (Å²) in [5, 5.41) is 0. The number of amides is 1. The summed E-state index contributed by atoms with van der Waals surface area (Å²) in [7, 11) is 0. The minimum Gasteiger partial charge on any atom is -0.481 e. The predicted octanol–water partition coefficient (Wildman–Crippen LogP) is 4.70. The van der Waals surface area contributed by atoms with Crippen LogP contribution in [0.25, 0.3) is 0 Å². The van der Waals surface area contributed by atoms with Crippen molar-refractivity contribution in [1.29, 1.82) is 0 Å². The number of hydrogen-bond donors (Lipinski definition) is 0. The number of nitrogens with zero attached hydrogens (tertiary/aromatic N) is 1. The van der Waals surface area contributed by atoms with Crippen molar-refractivity contribution in [3.05, 3.63) is 59.2 Å². The molecule has 2 aliphatic rings. The molecule has 4 rings (SSSR count). The molecule has 3 nitrogen and oxygen atoms in total. The summed E-state index contributed by atoms with van der Waals surface area (Å²) in [5.41, 5.74) is 5.14. The molecule has 0 saturated heterocycles. The van der Waals surface area contributed by atoms with Crippen LogP contribution in [0.5, 0.6) is 5.75 Å². The number of carbonyl (C=O) groups excluding carboxylic acids is 1. The van der Waals surface area contributed by atoms with Crippen LogP contribution in [0.4, 0.5) is 5.69 Å². The number of carbonyl (C=O) groups is 1. The molecule has 0 N–H and O–H groups in total. The first-order valence-electron chi connectivity index (χ1n) is 9.94. The second-order valence-electron chi connectivity index (χ2n) is 7.37. The molecule has 2 aromatic rings. The molecule has 0 fully saturated rings. The highest BCUT2D eigenvalue weighted by molar-refractivity contribution is 5.97. The van der Waals surface area contributed by atoms with Crippen molar-refractivity contribution >= 4 is 11.6 Å². The van der Waals surface area contributed by atoms with Crippen LogP contribution in [0.1, 0.15) is 49.3 Å². The molecular formula is C23H27NO2. The number of hydrogen-bond acceptors (Lipinski definition) is 2. The van der Waals surface area contributed by atoms with Gasteiger partial charge in [0.15, 0.2) is 6.10 Å². The molecule has 0 aromatic heterocycles. The van der Waals surface area contributed by atoms with E-state index in [4.69, 9.17) is 4.74 Å². The molecule has 0 saturated carbocycles. The van der Waals surface area contributed by atoms with Crippen LogP contribution < -0.4 is 9.64 Å². The fourth-order valence-corrected chi connectivity index (χ4v) is 4.19. The van der Waals surface area contributed by atoms with Gasteiger partial charge < -0.3 is 9.64 Å². The van der Waals surface area contributed by atoms with E-state index in [1.807, 2.05) is 30.0 Å². The number of aryl methyl sites for hydroxylation is 3. The van der Waals surface area contributed by atoms with Crippen molar-refractivity contribution in [2.75, 3.05) is 11.4 Å². The van der Waals surface area contributed by atoms with Gasteiger partial charge in [0.2, 0.25) is 0 Å². The van der Waals surface area contributed by atoms with Crippen molar-refractivity contribution in [3.63, 3.8) is 0 Å². The van der Waals surface area contributed by atoms with Crippen molar-refractivity contribution in [3.8, 4) is 5.75 Å². The summed E-state index contributed by atoms with van der Waals surface area (Å²) in [5.74, 6) is 0.911. The second-order valence-corrected chi connectivity index (χ2v) is 7.37. The fraction of sp³-hybridized carbons (Fsp3) is 0.435. The Bertz CT molecular complexity index is 799. The standard InChI is InChI=1S/C23H27NO2/c1-2-22(26-20-14-13-17-8-3-4-10-19(17)16-20)23(25)24-15-7-11-18-9-5-6-12-21(18)24/h5-6,9,12-14,16,22H,2-4,7-8,10-11,15H2,1H3/t22-/m1/s1. The third-order valence-corrected chi connectivity index (χ3v) is 5.62. The van der Waals surface area contributed by atoms with E-state index < -0.39 is 6.10 Å². The lowest BCUT2D eigenvalue weighted by Gasteiger charge is -2.32. The summed E-state index contributed by atoms with van der Waals surface area (Å²) in [4.78, 5) is 15.1. The maximum Gasteiger partial charge on any atom is 0.268 e. The summed E-state index contributed by atoms with van der Waals surface area (Å²) in [6.45, 7) is 2.80. The zero-order chi connectivity index (χ0) is 17.9. The summed E-state index contributed by atoms with van der Waals surface area (Å²) in [6.07, 6.45) is 7.11. The average Bonchev–Trinajstić information content (AvgIpc) is 2.71. The minimum absolute atomic E-state index is 0.0809. The Hall–Kier alpha value is -2.29. The molecule has 0 spiro atoms. The van der Waals surface area contributed by atoms with E-state index in [1.54, 1.807) is 0 Å². The van der Waals surface area contributed by atoms with Crippen molar-refractivity contribution < 1.29 is 9.53 Å². The van der Waals surface area contributed by atoms with Crippen molar-refractivity contribution in [2.45, 2.75) is 58.0 Å². The van der Waals surface area contributed by atoms with E-state index in [9.17, 15) is 4.79 Å². The lowest BCUT2D eigenvalue weighted by atomic mass is 9.92. The fourth-order valence-electron chi connectivity index (χ4n) is 4.19. The Morgan fingerprint density at radius 1 is 1.00 bits per heavy atom. The Balaban J connectivity index is 1.53. The molecule has 3 heteroatoms. The van der Waals surface area contributed by atoms with Crippen LogP contribution in [0.2, 0.25) is 0 Å². The molecule has 0 unspecified atom stereocenters. The van der Waals surface area contributed by atoms with E-state index in [0.29, 0.717) is 6.42 Å².